The van der Waals surface area contributed by atoms with Crippen LogP contribution in [0.25, 0.3) is 5.57 Å². The van der Waals surface area contributed by atoms with E-state index in [-0.39, 0.29) is 29.9 Å². The molecule has 0 fully saturated rings. The second-order valence-electron chi connectivity index (χ2n) is 4.61. The molecule has 110 valence electrons. The summed E-state index contributed by atoms with van der Waals surface area (Å²) in [5.41, 5.74) is 1.41. The van der Waals surface area contributed by atoms with Gasteiger partial charge >= 0.3 is 5.97 Å². The van der Waals surface area contributed by atoms with Crippen LogP contribution < -0.4 is 0 Å². The molecule has 0 amide bonds. The lowest BCUT2D eigenvalue weighted by atomic mass is 9.96. The van der Waals surface area contributed by atoms with E-state index in [1.54, 1.807) is 25.1 Å². The van der Waals surface area contributed by atoms with Crippen molar-refractivity contribution in [1.82, 2.24) is 0 Å². The van der Waals surface area contributed by atoms with Crippen molar-refractivity contribution in [3.63, 3.8) is 0 Å². The number of carbonyl (C=O) groups is 2. The fourth-order valence-corrected chi connectivity index (χ4v) is 2.10. The van der Waals surface area contributed by atoms with Crippen molar-refractivity contribution < 1.29 is 23.8 Å². The molecule has 1 N–H and O–H groups in total. The maximum atomic E-state index is 13.9. The average molecular weight is 290 g/mol. The molecule has 21 heavy (non-hydrogen) atoms. The van der Waals surface area contributed by atoms with Gasteiger partial charge in [-0.15, -0.1) is 0 Å². The summed E-state index contributed by atoms with van der Waals surface area (Å²) >= 11 is 0. The first-order valence-electron chi connectivity index (χ1n) is 6.59. The number of benzene rings is 1. The minimum atomic E-state index is -1.08. The van der Waals surface area contributed by atoms with Crippen LogP contribution in [0.4, 0.5) is 4.39 Å². The lowest BCUT2D eigenvalue weighted by Gasteiger charge is -2.14. The number of halogens is 1. The Morgan fingerprint density at radius 3 is 2.81 bits per heavy atom. The second-order valence-corrected chi connectivity index (χ2v) is 4.61. The first kappa shape index (κ1) is 15.0. The summed E-state index contributed by atoms with van der Waals surface area (Å²) in [5.74, 6) is -1.49. The van der Waals surface area contributed by atoms with E-state index in [0.717, 1.165) is 0 Å². The molecule has 0 saturated heterocycles. The van der Waals surface area contributed by atoms with Gasteiger partial charge in [0.05, 0.1) is 13.0 Å². The molecule has 0 aliphatic heterocycles. The summed E-state index contributed by atoms with van der Waals surface area (Å²) in [5, 5.41) is 8.69. The molecule has 1 aliphatic carbocycles. The van der Waals surface area contributed by atoms with Crippen molar-refractivity contribution in [2.75, 3.05) is 6.61 Å². The van der Waals surface area contributed by atoms with E-state index < -0.39 is 11.8 Å². The van der Waals surface area contributed by atoms with Crippen LogP contribution in [0.15, 0.2) is 36.1 Å². The Morgan fingerprint density at radius 2 is 2.19 bits per heavy atom. The summed E-state index contributed by atoms with van der Waals surface area (Å²) in [6, 6.07) is 4.37. The zero-order valence-electron chi connectivity index (χ0n) is 11.6. The highest BCUT2D eigenvalue weighted by atomic mass is 19.1. The number of hydrogen-bond acceptors (Lipinski definition) is 3. The fraction of sp³-hybridized carbons (Fsp3) is 0.250. The first-order valence-corrected chi connectivity index (χ1v) is 6.59. The number of carboxylic acid groups (broad SMARTS) is 1. The SMILES string of the molecule is CCOC1=CC(c2ccc(CC(=O)O)c(F)c2)=CCC1=O. The second kappa shape index (κ2) is 6.35. The molecule has 0 saturated carbocycles. The van der Waals surface area contributed by atoms with Gasteiger partial charge in [-0.1, -0.05) is 18.2 Å². The van der Waals surface area contributed by atoms with Crippen LogP contribution in [-0.4, -0.2) is 23.5 Å². The summed E-state index contributed by atoms with van der Waals surface area (Å²) in [6.45, 7) is 2.17. The van der Waals surface area contributed by atoms with Gasteiger partial charge in [0.1, 0.15) is 5.82 Å². The number of carboxylic acids is 1. The van der Waals surface area contributed by atoms with Crippen LogP contribution in [0.5, 0.6) is 0 Å². The molecule has 0 heterocycles. The number of ether oxygens (including phenoxy) is 1. The van der Waals surface area contributed by atoms with Crippen LogP contribution in [0, 0.1) is 5.82 Å². The topological polar surface area (TPSA) is 63.6 Å². The third-order valence-corrected chi connectivity index (χ3v) is 3.10. The van der Waals surface area contributed by atoms with Crippen molar-refractivity contribution in [3.05, 3.63) is 53.1 Å². The zero-order valence-corrected chi connectivity index (χ0v) is 11.6. The molecule has 0 atom stereocenters. The fourth-order valence-electron chi connectivity index (χ4n) is 2.10. The van der Waals surface area contributed by atoms with E-state index in [2.05, 4.69) is 0 Å². The minimum Gasteiger partial charge on any atom is -0.490 e. The standard InChI is InChI=1S/C16H15FO4/c1-2-21-15-8-11(5-6-14(15)18)10-3-4-12(9-16(19)20)13(17)7-10/h3-5,7-8H,2,6,9H2,1H3,(H,19,20). The maximum Gasteiger partial charge on any atom is 0.307 e. The first-order chi connectivity index (χ1) is 10.0. The van der Waals surface area contributed by atoms with E-state index in [1.165, 1.54) is 12.1 Å². The van der Waals surface area contributed by atoms with Crippen LogP contribution in [0.3, 0.4) is 0 Å². The molecule has 0 unspecified atom stereocenters. The van der Waals surface area contributed by atoms with Crippen molar-refractivity contribution in [2.45, 2.75) is 19.8 Å². The van der Waals surface area contributed by atoms with Gasteiger partial charge in [0.25, 0.3) is 0 Å². The zero-order chi connectivity index (χ0) is 15.4. The molecule has 0 spiro atoms. The van der Waals surface area contributed by atoms with Crippen molar-refractivity contribution in [2.24, 2.45) is 0 Å². The monoisotopic (exact) mass is 290 g/mol. The highest BCUT2D eigenvalue weighted by Gasteiger charge is 2.17. The van der Waals surface area contributed by atoms with Gasteiger partial charge in [0.2, 0.25) is 5.78 Å². The summed E-state index contributed by atoms with van der Waals surface area (Å²) in [6.07, 6.45) is 3.14. The number of allylic oxidation sites excluding steroid dienone is 4. The van der Waals surface area contributed by atoms with Gasteiger partial charge < -0.3 is 9.84 Å². The molecule has 2 rings (SSSR count). The van der Waals surface area contributed by atoms with Gasteiger partial charge in [-0.2, -0.15) is 0 Å². The average Bonchev–Trinajstić information content (AvgIpc) is 2.43. The van der Waals surface area contributed by atoms with Crippen molar-refractivity contribution in [1.29, 1.82) is 0 Å². The van der Waals surface area contributed by atoms with Gasteiger partial charge in [0.15, 0.2) is 5.76 Å². The number of Topliss-reactive ketones (excluding diaryl/α,β-unsaturated/α-hetero) is 1. The molecular formula is C16H15FO4. The summed E-state index contributed by atoms with van der Waals surface area (Å²) < 4.78 is 19.1. The molecule has 0 aromatic heterocycles. The van der Waals surface area contributed by atoms with Gasteiger partial charge in [0, 0.05) is 6.42 Å². The van der Waals surface area contributed by atoms with Crippen LogP contribution in [0.2, 0.25) is 0 Å². The number of hydrogen-bond donors (Lipinski definition) is 1. The Hall–Kier alpha value is -2.43. The number of carbonyl (C=O) groups excluding carboxylic acids is 1. The maximum absolute atomic E-state index is 13.9. The largest absolute Gasteiger partial charge is 0.490 e. The molecule has 1 aliphatic rings. The molecule has 0 radical (unpaired) electrons. The Bertz CT molecular complexity index is 644. The predicted octanol–water partition coefficient (Wildman–Crippen LogP) is 2.73. The molecule has 1 aromatic rings. The van der Waals surface area contributed by atoms with Crippen LogP contribution >= 0.6 is 0 Å². The molecule has 1 aromatic carbocycles. The van der Waals surface area contributed by atoms with E-state index in [4.69, 9.17) is 9.84 Å². The highest BCUT2D eigenvalue weighted by Crippen LogP contribution is 2.25. The number of ketones is 1. The summed E-state index contributed by atoms with van der Waals surface area (Å²) in [4.78, 5) is 22.2. The van der Waals surface area contributed by atoms with E-state index in [0.29, 0.717) is 17.7 Å². The van der Waals surface area contributed by atoms with Gasteiger partial charge in [-0.3, -0.25) is 9.59 Å². The predicted molar refractivity (Wildman–Crippen MR) is 75.0 cm³/mol. The number of aliphatic carboxylic acids is 1. The Labute approximate surface area is 121 Å². The lowest BCUT2D eigenvalue weighted by Crippen LogP contribution is -2.09. The van der Waals surface area contributed by atoms with E-state index in [1.807, 2.05) is 0 Å². The molecular weight excluding hydrogens is 275 g/mol. The van der Waals surface area contributed by atoms with Gasteiger partial charge in [-0.05, 0) is 35.8 Å². The highest BCUT2D eigenvalue weighted by molar-refractivity contribution is 6.01. The normalized spacial score (nSPS) is 14.5. The van der Waals surface area contributed by atoms with Crippen molar-refractivity contribution in [3.8, 4) is 0 Å². The Balaban J connectivity index is 2.28. The smallest absolute Gasteiger partial charge is 0.307 e. The molecule has 5 heteroatoms. The molecule has 0 bridgehead atoms. The van der Waals surface area contributed by atoms with Gasteiger partial charge in [-0.25, -0.2) is 4.39 Å². The third kappa shape index (κ3) is 3.56. The minimum absolute atomic E-state index is 0.108. The van der Waals surface area contributed by atoms with Crippen LogP contribution in [0.1, 0.15) is 24.5 Å². The quantitative estimate of drug-likeness (QED) is 0.905. The lowest BCUT2D eigenvalue weighted by molar-refractivity contribution is -0.136. The summed E-state index contributed by atoms with van der Waals surface area (Å²) in [7, 11) is 0. The Morgan fingerprint density at radius 1 is 1.43 bits per heavy atom. The Kier molecular flexibility index (Phi) is 4.52. The van der Waals surface area contributed by atoms with Crippen LogP contribution in [-0.2, 0) is 20.7 Å². The third-order valence-electron chi connectivity index (χ3n) is 3.10. The van der Waals surface area contributed by atoms with E-state index in [9.17, 15) is 14.0 Å². The molecule has 4 nitrogen and oxygen atoms in total. The number of rotatable bonds is 5. The van der Waals surface area contributed by atoms with E-state index >= 15 is 0 Å². The van der Waals surface area contributed by atoms with Crippen molar-refractivity contribution >= 4 is 17.3 Å².